The maximum absolute atomic E-state index is 13.7. The second-order valence-electron chi connectivity index (χ2n) is 5.73. The zero-order valence-electron chi connectivity index (χ0n) is 11.7. The average molecular weight is 300 g/mol. The Hall–Kier alpha value is -1.13. The van der Waals surface area contributed by atoms with Crippen molar-refractivity contribution in [3.63, 3.8) is 0 Å². The van der Waals surface area contributed by atoms with Gasteiger partial charge in [-0.15, -0.1) is 0 Å². The van der Waals surface area contributed by atoms with Crippen LogP contribution >= 0.6 is 11.6 Å². The second-order valence-corrected chi connectivity index (χ2v) is 6.14. The van der Waals surface area contributed by atoms with Crippen LogP contribution in [0.4, 0.5) is 4.39 Å². The molecule has 1 N–H and O–H groups in total. The molecule has 1 amide bonds. The fraction of sp³-hybridized carbons (Fsp3) is 0.533. The molecule has 0 aliphatic carbocycles. The molecule has 0 saturated carbocycles. The van der Waals surface area contributed by atoms with Crippen molar-refractivity contribution in [2.24, 2.45) is 5.92 Å². The van der Waals surface area contributed by atoms with Gasteiger partial charge in [-0.05, 0) is 32.8 Å². The maximum atomic E-state index is 13.7. The summed E-state index contributed by atoms with van der Waals surface area (Å²) in [6.45, 7) is 4.69. The van der Waals surface area contributed by atoms with E-state index in [1.165, 1.54) is 6.07 Å². The molecule has 5 heteroatoms. The van der Waals surface area contributed by atoms with Crippen LogP contribution in [0.3, 0.4) is 0 Å². The largest absolute Gasteiger partial charge is 0.376 e. The number of rotatable bonds is 3. The van der Waals surface area contributed by atoms with E-state index in [2.05, 4.69) is 5.32 Å². The summed E-state index contributed by atoms with van der Waals surface area (Å²) in [4.78, 5) is 12.1. The standard InChI is InChI=1S/C15H19ClFNO2/c1-15(2)8-10(6-7-20-15)14(19)18-9-11-4-3-5-12(16)13(11)17/h3-5,10H,6-9H2,1-2H3,(H,18,19)/t10-/m1/s1. The van der Waals surface area contributed by atoms with Crippen molar-refractivity contribution in [3.05, 3.63) is 34.6 Å². The van der Waals surface area contributed by atoms with Crippen LogP contribution in [-0.2, 0) is 16.1 Å². The Morgan fingerprint density at radius 1 is 1.55 bits per heavy atom. The molecule has 1 fully saturated rings. The van der Waals surface area contributed by atoms with Crippen molar-refractivity contribution >= 4 is 17.5 Å². The smallest absolute Gasteiger partial charge is 0.223 e. The van der Waals surface area contributed by atoms with Crippen LogP contribution in [0.25, 0.3) is 0 Å². The lowest BCUT2D eigenvalue weighted by Crippen LogP contribution is -2.41. The number of halogens is 2. The van der Waals surface area contributed by atoms with Gasteiger partial charge in [0.15, 0.2) is 0 Å². The Morgan fingerprint density at radius 2 is 2.30 bits per heavy atom. The zero-order valence-corrected chi connectivity index (χ0v) is 12.5. The highest BCUT2D eigenvalue weighted by Gasteiger charge is 2.32. The summed E-state index contributed by atoms with van der Waals surface area (Å²) in [5.74, 6) is -0.608. The molecule has 20 heavy (non-hydrogen) atoms. The Labute approximate surface area is 123 Å². The molecular weight excluding hydrogens is 281 g/mol. The molecule has 0 bridgehead atoms. The predicted molar refractivity (Wildman–Crippen MR) is 76.0 cm³/mol. The molecule has 110 valence electrons. The summed E-state index contributed by atoms with van der Waals surface area (Å²) in [6.07, 6.45) is 1.38. The first kappa shape index (κ1) is 15.3. The van der Waals surface area contributed by atoms with Crippen molar-refractivity contribution in [1.29, 1.82) is 0 Å². The van der Waals surface area contributed by atoms with Crippen LogP contribution in [0.15, 0.2) is 18.2 Å². The van der Waals surface area contributed by atoms with Crippen LogP contribution in [0.1, 0.15) is 32.3 Å². The van der Waals surface area contributed by atoms with Gasteiger partial charge in [0.2, 0.25) is 5.91 Å². The maximum Gasteiger partial charge on any atom is 0.223 e. The van der Waals surface area contributed by atoms with Gasteiger partial charge in [-0.2, -0.15) is 0 Å². The first-order valence-corrected chi connectivity index (χ1v) is 7.11. The van der Waals surface area contributed by atoms with Crippen LogP contribution in [0.2, 0.25) is 5.02 Å². The van der Waals surface area contributed by atoms with Crippen molar-refractivity contribution < 1.29 is 13.9 Å². The predicted octanol–water partition coefficient (Wildman–Crippen LogP) is 3.30. The minimum atomic E-state index is -0.471. The number of hydrogen-bond acceptors (Lipinski definition) is 2. The minimum absolute atomic E-state index is 0.0549. The molecule has 1 aromatic carbocycles. The van der Waals surface area contributed by atoms with E-state index in [-0.39, 0.29) is 29.0 Å². The molecule has 1 atom stereocenters. The minimum Gasteiger partial charge on any atom is -0.376 e. The van der Waals surface area contributed by atoms with Gasteiger partial charge in [0.1, 0.15) is 5.82 Å². The molecule has 0 unspecified atom stereocenters. The van der Waals surface area contributed by atoms with Gasteiger partial charge in [-0.25, -0.2) is 4.39 Å². The Kier molecular flexibility index (Phi) is 4.66. The van der Waals surface area contributed by atoms with Gasteiger partial charge in [0.05, 0.1) is 10.6 Å². The number of hydrogen-bond donors (Lipinski definition) is 1. The Morgan fingerprint density at radius 3 is 3.00 bits per heavy atom. The Balaban J connectivity index is 1.94. The van der Waals surface area contributed by atoms with Gasteiger partial charge in [-0.1, -0.05) is 23.7 Å². The fourth-order valence-electron chi connectivity index (χ4n) is 2.47. The molecule has 2 rings (SSSR count). The summed E-state index contributed by atoms with van der Waals surface area (Å²) >= 11 is 5.71. The molecule has 1 aliphatic heterocycles. The lowest BCUT2D eigenvalue weighted by atomic mass is 9.88. The summed E-state index contributed by atoms with van der Waals surface area (Å²) < 4.78 is 19.3. The quantitative estimate of drug-likeness (QED) is 0.930. The number of amides is 1. The monoisotopic (exact) mass is 299 g/mol. The van der Waals surface area contributed by atoms with Gasteiger partial charge in [0, 0.05) is 24.6 Å². The SMILES string of the molecule is CC1(C)C[C@H](C(=O)NCc2cccc(Cl)c2F)CCO1. The van der Waals surface area contributed by atoms with Crippen LogP contribution in [-0.4, -0.2) is 18.1 Å². The molecule has 1 saturated heterocycles. The number of carbonyl (C=O) groups is 1. The molecule has 1 heterocycles. The number of carbonyl (C=O) groups excluding carboxylic acids is 1. The van der Waals surface area contributed by atoms with E-state index in [0.29, 0.717) is 25.0 Å². The van der Waals surface area contributed by atoms with Crippen molar-refractivity contribution in [2.45, 2.75) is 38.8 Å². The average Bonchev–Trinajstić information content (AvgIpc) is 2.39. The molecule has 1 aromatic rings. The first-order valence-electron chi connectivity index (χ1n) is 6.73. The highest BCUT2D eigenvalue weighted by atomic mass is 35.5. The first-order chi connectivity index (χ1) is 9.39. The lowest BCUT2D eigenvalue weighted by Gasteiger charge is -2.34. The molecule has 1 aliphatic rings. The third kappa shape index (κ3) is 3.70. The molecule has 0 radical (unpaired) electrons. The summed E-state index contributed by atoms with van der Waals surface area (Å²) in [7, 11) is 0. The van der Waals surface area contributed by atoms with E-state index < -0.39 is 5.82 Å². The van der Waals surface area contributed by atoms with Crippen molar-refractivity contribution in [1.82, 2.24) is 5.32 Å². The molecule has 0 aromatic heterocycles. The van der Waals surface area contributed by atoms with Crippen LogP contribution in [0.5, 0.6) is 0 Å². The van der Waals surface area contributed by atoms with Gasteiger partial charge in [-0.3, -0.25) is 4.79 Å². The second kappa shape index (κ2) is 6.10. The fourth-order valence-corrected chi connectivity index (χ4v) is 2.66. The molecule has 3 nitrogen and oxygen atoms in total. The summed E-state index contributed by atoms with van der Waals surface area (Å²) in [5.41, 5.74) is 0.124. The van der Waals surface area contributed by atoms with E-state index in [9.17, 15) is 9.18 Å². The van der Waals surface area contributed by atoms with E-state index in [0.717, 1.165) is 0 Å². The molecular formula is C15H19ClFNO2. The number of benzene rings is 1. The lowest BCUT2D eigenvalue weighted by molar-refractivity contribution is -0.135. The van der Waals surface area contributed by atoms with Crippen molar-refractivity contribution in [3.8, 4) is 0 Å². The highest BCUT2D eigenvalue weighted by molar-refractivity contribution is 6.30. The third-order valence-corrected chi connectivity index (χ3v) is 3.84. The topological polar surface area (TPSA) is 38.3 Å². The van der Waals surface area contributed by atoms with Gasteiger partial charge >= 0.3 is 0 Å². The molecule has 0 spiro atoms. The van der Waals surface area contributed by atoms with Crippen LogP contribution in [0, 0.1) is 11.7 Å². The normalized spacial score (nSPS) is 21.5. The Bertz CT molecular complexity index is 505. The summed E-state index contributed by atoms with van der Waals surface area (Å²) in [5, 5.41) is 2.85. The highest BCUT2D eigenvalue weighted by Crippen LogP contribution is 2.28. The van der Waals surface area contributed by atoms with Crippen molar-refractivity contribution in [2.75, 3.05) is 6.61 Å². The zero-order chi connectivity index (χ0) is 14.8. The van der Waals surface area contributed by atoms with E-state index >= 15 is 0 Å². The van der Waals surface area contributed by atoms with Crippen LogP contribution < -0.4 is 5.32 Å². The third-order valence-electron chi connectivity index (χ3n) is 3.55. The van der Waals surface area contributed by atoms with E-state index in [1.54, 1.807) is 12.1 Å². The number of ether oxygens (including phenoxy) is 1. The summed E-state index contributed by atoms with van der Waals surface area (Å²) in [6, 6.07) is 4.78. The van der Waals surface area contributed by atoms with Gasteiger partial charge < -0.3 is 10.1 Å². The number of nitrogens with one attached hydrogen (secondary N) is 1. The van der Waals surface area contributed by atoms with Gasteiger partial charge in [0.25, 0.3) is 0 Å². The van der Waals surface area contributed by atoms with E-state index in [1.807, 2.05) is 13.8 Å². The van der Waals surface area contributed by atoms with E-state index in [4.69, 9.17) is 16.3 Å².